The van der Waals surface area contributed by atoms with Crippen LogP contribution in [0.3, 0.4) is 0 Å². The Labute approximate surface area is 88.5 Å². The number of aromatic nitrogens is 2. The molecule has 0 amide bonds. The highest BCUT2D eigenvalue weighted by Gasteiger charge is 2.11. The van der Waals surface area contributed by atoms with E-state index in [4.69, 9.17) is 16.0 Å². The molecule has 1 aromatic carbocycles. The summed E-state index contributed by atoms with van der Waals surface area (Å²) in [6.45, 7) is 0. The van der Waals surface area contributed by atoms with Crippen molar-refractivity contribution in [1.29, 1.82) is 0 Å². The number of furan rings is 1. The lowest BCUT2D eigenvalue weighted by Gasteiger charge is -1.89. The molecule has 5 heteroatoms. The SMILES string of the molecule is O=c1nc2c(oc3ccccc32)c(Cl)[nH]1. The lowest BCUT2D eigenvalue weighted by Crippen LogP contribution is -2.08. The Kier molecular flexibility index (Phi) is 1.61. The van der Waals surface area contributed by atoms with Crippen LogP contribution in [-0.4, -0.2) is 9.97 Å². The first-order valence-electron chi connectivity index (χ1n) is 4.33. The van der Waals surface area contributed by atoms with Gasteiger partial charge in [-0.2, -0.15) is 4.98 Å². The van der Waals surface area contributed by atoms with E-state index in [-0.39, 0.29) is 5.15 Å². The summed E-state index contributed by atoms with van der Waals surface area (Å²) in [6, 6.07) is 7.34. The predicted molar refractivity (Wildman–Crippen MR) is 57.1 cm³/mol. The van der Waals surface area contributed by atoms with Crippen LogP contribution in [0.15, 0.2) is 33.5 Å². The number of nitrogens with one attached hydrogen (secondary N) is 1. The van der Waals surface area contributed by atoms with E-state index in [1.807, 2.05) is 18.2 Å². The van der Waals surface area contributed by atoms with Gasteiger partial charge in [-0.3, -0.25) is 4.98 Å². The van der Waals surface area contributed by atoms with E-state index < -0.39 is 5.69 Å². The highest BCUT2D eigenvalue weighted by atomic mass is 35.5. The molecule has 0 bridgehead atoms. The van der Waals surface area contributed by atoms with Gasteiger partial charge in [-0.15, -0.1) is 0 Å². The second-order valence-electron chi connectivity index (χ2n) is 3.13. The van der Waals surface area contributed by atoms with E-state index in [0.29, 0.717) is 16.7 Å². The minimum absolute atomic E-state index is 0.182. The zero-order valence-corrected chi connectivity index (χ0v) is 8.21. The van der Waals surface area contributed by atoms with E-state index in [1.165, 1.54) is 0 Å². The first-order chi connectivity index (χ1) is 7.25. The molecule has 0 spiro atoms. The molecule has 2 aromatic heterocycles. The van der Waals surface area contributed by atoms with Crippen LogP contribution in [0.5, 0.6) is 0 Å². The van der Waals surface area contributed by atoms with Crippen molar-refractivity contribution in [2.75, 3.05) is 0 Å². The summed E-state index contributed by atoms with van der Waals surface area (Å²) in [5, 5.41) is 0.974. The number of rotatable bonds is 0. The van der Waals surface area contributed by atoms with Gasteiger partial charge in [-0.1, -0.05) is 23.7 Å². The van der Waals surface area contributed by atoms with Crippen molar-refractivity contribution in [1.82, 2.24) is 9.97 Å². The first-order valence-corrected chi connectivity index (χ1v) is 4.70. The maximum Gasteiger partial charge on any atom is 0.346 e. The van der Waals surface area contributed by atoms with Crippen molar-refractivity contribution in [3.05, 3.63) is 39.9 Å². The molecule has 74 valence electrons. The van der Waals surface area contributed by atoms with Crippen molar-refractivity contribution in [2.45, 2.75) is 0 Å². The van der Waals surface area contributed by atoms with Crippen LogP contribution in [-0.2, 0) is 0 Å². The van der Waals surface area contributed by atoms with E-state index in [0.717, 1.165) is 5.39 Å². The average Bonchev–Trinajstić information content (AvgIpc) is 2.57. The van der Waals surface area contributed by atoms with Gasteiger partial charge in [-0.25, -0.2) is 4.79 Å². The third-order valence-corrected chi connectivity index (χ3v) is 2.46. The molecular formula is C10H5ClN2O2. The van der Waals surface area contributed by atoms with Gasteiger partial charge in [0.2, 0.25) is 0 Å². The van der Waals surface area contributed by atoms with Crippen LogP contribution >= 0.6 is 11.6 Å². The molecule has 15 heavy (non-hydrogen) atoms. The maximum atomic E-state index is 11.2. The zero-order chi connectivity index (χ0) is 10.4. The fourth-order valence-corrected chi connectivity index (χ4v) is 1.78. The quantitative estimate of drug-likeness (QED) is 0.592. The Morgan fingerprint density at radius 1 is 1.33 bits per heavy atom. The highest BCUT2D eigenvalue weighted by molar-refractivity contribution is 6.34. The number of para-hydroxylation sites is 1. The van der Waals surface area contributed by atoms with Crippen molar-refractivity contribution in [3.8, 4) is 0 Å². The van der Waals surface area contributed by atoms with Crippen LogP contribution in [0, 0.1) is 0 Å². The molecule has 3 aromatic rings. The van der Waals surface area contributed by atoms with Gasteiger partial charge in [0.1, 0.15) is 11.1 Å². The summed E-state index contributed by atoms with van der Waals surface area (Å²) in [5.74, 6) is 0. The highest BCUT2D eigenvalue weighted by Crippen LogP contribution is 2.28. The van der Waals surface area contributed by atoms with Crippen LogP contribution < -0.4 is 5.69 Å². The van der Waals surface area contributed by atoms with E-state index in [9.17, 15) is 4.79 Å². The van der Waals surface area contributed by atoms with Crippen LogP contribution in [0.25, 0.3) is 22.1 Å². The summed E-state index contributed by atoms with van der Waals surface area (Å²) in [7, 11) is 0. The minimum Gasteiger partial charge on any atom is -0.451 e. The summed E-state index contributed by atoms with van der Waals surface area (Å²) < 4.78 is 5.47. The number of aromatic amines is 1. The second-order valence-corrected chi connectivity index (χ2v) is 3.51. The largest absolute Gasteiger partial charge is 0.451 e. The van der Waals surface area contributed by atoms with Gasteiger partial charge in [0.15, 0.2) is 10.7 Å². The van der Waals surface area contributed by atoms with Gasteiger partial charge in [0.05, 0.1) is 0 Å². The topological polar surface area (TPSA) is 58.9 Å². The molecule has 0 saturated heterocycles. The Bertz CT molecular complexity index is 714. The lowest BCUT2D eigenvalue weighted by atomic mass is 10.2. The van der Waals surface area contributed by atoms with Crippen molar-refractivity contribution in [3.63, 3.8) is 0 Å². The summed E-state index contributed by atoms with van der Waals surface area (Å²) in [4.78, 5) is 17.4. The lowest BCUT2D eigenvalue weighted by molar-refractivity contribution is 0.665. The summed E-state index contributed by atoms with van der Waals surface area (Å²) >= 11 is 5.84. The van der Waals surface area contributed by atoms with Crippen molar-refractivity contribution < 1.29 is 4.42 Å². The number of hydrogen-bond acceptors (Lipinski definition) is 3. The Morgan fingerprint density at radius 2 is 2.13 bits per heavy atom. The molecule has 0 fully saturated rings. The molecular weight excluding hydrogens is 216 g/mol. The standard InChI is InChI=1S/C10H5ClN2O2/c11-9-8-7(12-10(14)13-9)5-3-1-2-4-6(5)15-8/h1-4H,(H,12,13,14). The molecule has 0 radical (unpaired) electrons. The monoisotopic (exact) mass is 220 g/mol. The number of H-pyrrole nitrogens is 1. The Morgan fingerprint density at radius 3 is 3.00 bits per heavy atom. The van der Waals surface area contributed by atoms with E-state index in [2.05, 4.69) is 9.97 Å². The molecule has 0 saturated carbocycles. The van der Waals surface area contributed by atoms with Crippen LogP contribution in [0.4, 0.5) is 0 Å². The van der Waals surface area contributed by atoms with Gasteiger partial charge in [-0.05, 0) is 12.1 Å². The fourth-order valence-electron chi connectivity index (χ4n) is 1.57. The van der Waals surface area contributed by atoms with Crippen LogP contribution in [0.2, 0.25) is 5.15 Å². The number of nitrogens with zero attached hydrogens (tertiary/aromatic N) is 1. The van der Waals surface area contributed by atoms with Gasteiger partial charge >= 0.3 is 5.69 Å². The number of benzene rings is 1. The molecule has 0 aliphatic heterocycles. The smallest absolute Gasteiger partial charge is 0.346 e. The Balaban J connectivity index is 2.66. The average molecular weight is 221 g/mol. The molecule has 0 unspecified atom stereocenters. The fraction of sp³-hybridized carbons (Fsp3) is 0. The second kappa shape index (κ2) is 2.84. The predicted octanol–water partition coefficient (Wildman–Crippen LogP) is 2.32. The molecule has 0 aliphatic carbocycles. The van der Waals surface area contributed by atoms with Crippen molar-refractivity contribution in [2.24, 2.45) is 0 Å². The third kappa shape index (κ3) is 1.15. The van der Waals surface area contributed by atoms with E-state index in [1.54, 1.807) is 6.07 Å². The minimum atomic E-state index is -0.473. The third-order valence-electron chi connectivity index (χ3n) is 2.20. The number of halogens is 1. The van der Waals surface area contributed by atoms with Crippen molar-refractivity contribution >= 4 is 33.7 Å². The molecule has 4 nitrogen and oxygen atoms in total. The van der Waals surface area contributed by atoms with E-state index >= 15 is 0 Å². The van der Waals surface area contributed by atoms with Gasteiger partial charge < -0.3 is 4.42 Å². The normalized spacial score (nSPS) is 11.3. The Hall–Kier alpha value is -1.81. The molecule has 0 aliphatic rings. The first kappa shape index (κ1) is 8.49. The van der Waals surface area contributed by atoms with Gasteiger partial charge in [0, 0.05) is 5.39 Å². The summed E-state index contributed by atoms with van der Waals surface area (Å²) in [5.41, 5.74) is 1.11. The number of hydrogen-bond donors (Lipinski definition) is 1. The van der Waals surface area contributed by atoms with Crippen LogP contribution in [0.1, 0.15) is 0 Å². The number of fused-ring (bicyclic) bond motifs is 3. The summed E-state index contributed by atoms with van der Waals surface area (Å²) in [6.07, 6.45) is 0. The maximum absolute atomic E-state index is 11.2. The zero-order valence-electron chi connectivity index (χ0n) is 7.45. The molecule has 0 atom stereocenters. The van der Waals surface area contributed by atoms with Gasteiger partial charge in [0.25, 0.3) is 0 Å². The molecule has 2 heterocycles. The molecule has 3 rings (SSSR count). The molecule has 1 N–H and O–H groups in total.